The van der Waals surface area contributed by atoms with Crippen molar-refractivity contribution < 1.29 is 28.8 Å². The molecular weight excluding hydrogens is 472 g/mol. The minimum absolute atomic E-state index is 0. The van der Waals surface area contributed by atoms with E-state index in [0.29, 0.717) is 0 Å². The molecule has 2 amide bonds. The van der Waals surface area contributed by atoms with Gasteiger partial charge in [0.2, 0.25) is 23.1 Å². The monoisotopic (exact) mass is 532 g/mol. The van der Waals surface area contributed by atoms with Crippen LogP contribution >= 0.6 is 0 Å². The highest BCUT2D eigenvalue weighted by Crippen LogP contribution is 2.03. The Morgan fingerprint density at radius 3 is 0.649 bits per heavy atom. The predicted octanol–water partition coefficient (Wildman–Crippen LogP) is 5.50. The van der Waals surface area contributed by atoms with E-state index in [1.165, 1.54) is 9.80 Å². The molecule has 0 spiro atoms. The number of ketones is 4. The molecule has 0 unspecified atom stereocenters. The van der Waals surface area contributed by atoms with E-state index >= 15 is 0 Å². The van der Waals surface area contributed by atoms with Crippen LogP contribution in [0.5, 0.6) is 0 Å². The zero-order valence-electron chi connectivity index (χ0n) is 23.8. The Morgan fingerprint density at radius 1 is 0.378 bits per heavy atom. The van der Waals surface area contributed by atoms with E-state index in [4.69, 9.17) is 0 Å². The van der Waals surface area contributed by atoms with Gasteiger partial charge in [0, 0.05) is 49.9 Å². The van der Waals surface area contributed by atoms with Crippen LogP contribution in [0.4, 0.5) is 0 Å². The van der Waals surface area contributed by atoms with Crippen LogP contribution < -0.4 is 0 Å². The summed E-state index contributed by atoms with van der Waals surface area (Å²) in [7, 11) is 3.29. The molecule has 0 aromatic carbocycles. The summed E-state index contributed by atoms with van der Waals surface area (Å²) in [5.74, 6) is -2.65. The quantitative estimate of drug-likeness (QED) is 0.363. The minimum Gasteiger partial charge on any atom is -0.337 e. The molecule has 0 saturated heterocycles. The van der Waals surface area contributed by atoms with Crippen molar-refractivity contribution in [3.05, 3.63) is 0 Å². The second kappa shape index (κ2) is 22.8. The van der Waals surface area contributed by atoms with Crippen LogP contribution in [0.25, 0.3) is 0 Å². The largest absolute Gasteiger partial charge is 0.337 e. The lowest BCUT2D eigenvalue weighted by molar-refractivity contribution is -0.146. The highest BCUT2D eigenvalue weighted by atomic mass is 16.2. The number of likely N-dealkylation sites (N-methyl/N-ethyl adjacent to an activating group) is 2. The maximum Gasteiger partial charge on any atom is 0.290 e. The molecule has 0 aliphatic carbocycles. The van der Waals surface area contributed by atoms with Crippen molar-refractivity contribution in [1.29, 1.82) is 0 Å². The molecule has 8 heteroatoms. The van der Waals surface area contributed by atoms with Crippen molar-refractivity contribution in [2.45, 2.75) is 117 Å². The number of hydrogen-bond acceptors (Lipinski definition) is 6. The van der Waals surface area contributed by atoms with E-state index in [-0.39, 0.29) is 93.0 Å². The van der Waals surface area contributed by atoms with Gasteiger partial charge in [0.25, 0.3) is 11.8 Å². The first kappa shape index (κ1) is 47.8. The fraction of sp³-hybridized carbons (Fsp3) is 0.793. The SMILES string of the molecule is C.C.C.CC(C)C(=O)C(=O)C(C)C.CC(C)C(=O)C(=O)N(C)C(C)C.CC(C)C(=O)C(=O)N(C)C(C)C. The van der Waals surface area contributed by atoms with E-state index < -0.39 is 0 Å². The van der Waals surface area contributed by atoms with Crippen molar-refractivity contribution >= 4 is 34.9 Å². The summed E-state index contributed by atoms with van der Waals surface area (Å²) in [6, 6.07) is 0.167. The third-order valence-corrected chi connectivity index (χ3v) is 4.95. The molecule has 0 aliphatic heterocycles. The molecule has 0 fully saturated rings. The van der Waals surface area contributed by atoms with Crippen LogP contribution in [0, 0.1) is 23.7 Å². The van der Waals surface area contributed by atoms with Gasteiger partial charge in [0.15, 0.2) is 0 Å². The highest BCUT2D eigenvalue weighted by molar-refractivity contribution is 6.38. The summed E-state index contributed by atoms with van der Waals surface area (Å²) < 4.78 is 0. The Hall–Kier alpha value is -2.38. The molecule has 0 aromatic heterocycles. The van der Waals surface area contributed by atoms with E-state index in [0.717, 1.165) is 0 Å². The number of nitrogens with zero attached hydrogens (tertiary/aromatic N) is 2. The molecule has 0 atom stereocenters. The van der Waals surface area contributed by atoms with Gasteiger partial charge in [0.05, 0.1) is 0 Å². The summed E-state index contributed by atoms with van der Waals surface area (Å²) in [4.78, 5) is 69.8. The highest BCUT2D eigenvalue weighted by Gasteiger charge is 2.23. The Balaban J connectivity index is -0.0000000940. The average molecular weight is 533 g/mol. The smallest absolute Gasteiger partial charge is 0.290 e. The zero-order chi connectivity index (χ0) is 28.1. The van der Waals surface area contributed by atoms with E-state index in [1.807, 2.05) is 27.7 Å². The maximum absolute atomic E-state index is 11.3. The third-order valence-electron chi connectivity index (χ3n) is 4.95. The Labute approximate surface area is 228 Å². The van der Waals surface area contributed by atoms with Crippen molar-refractivity contribution in [1.82, 2.24) is 9.80 Å². The van der Waals surface area contributed by atoms with Crippen molar-refractivity contribution in [3.63, 3.8) is 0 Å². The van der Waals surface area contributed by atoms with Gasteiger partial charge >= 0.3 is 0 Å². The minimum atomic E-state index is -0.389. The zero-order valence-corrected chi connectivity index (χ0v) is 23.8. The number of carbonyl (C=O) groups is 6. The van der Waals surface area contributed by atoms with Gasteiger partial charge in [-0.25, -0.2) is 0 Å². The van der Waals surface area contributed by atoms with E-state index in [9.17, 15) is 28.8 Å². The first-order chi connectivity index (χ1) is 15.2. The Bertz CT molecular complexity index is 647. The summed E-state index contributed by atoms with van der Waals surface area (Å²) in [5.41, 5.74) is 0. The first-order valence-electron chi connectivity index (χ1n) is 11.9. The van der Waals surface area contributed by atoms with Gasteiger partial charge in [-0.15, -0.1) is 0 Å². The molecular formula is C29H60N2O6. The predicted molar refractivity (Wildman–Crippen MR) is 155 cm³/mol. The molecule has 0 rings (SSSR count). The van der Waals surface area contributed by atoms with Crippen molar-refractivity contribution in [2.24, 2.45) is 23.7 Å². The third kappa shape index (κ3) is 19.4. The van der Waals surface area contributed by atoms with Gasteiger partial charge in [-0.2, -0.15) is 0 Å². The van der Waals surface area contributed by atoms with Gasteiger partial charge < -0.3 is 9.80 Å². The lowest BCUT2D eigenvalue weighted by atomic mass is 9.98. The van der Waals surface area contributed by atoms with Gasteiger partial charge in [-0.3, -0.25) is 28.8 Å². The van der Waals surface area contributed by atoms with Crippen molar-refractivity contribution in [2.75, 3.05) is 14.1 Å². The van der Waals surface area contributed by atoms with Gasteiger partial charge in [-0.05, 0) is 27.7 Å². The van der Waals surface area contributed by atoms with Crippen LogP contribution in [0.15, 0.2) is 0 Å². The number of carbonyl (C=O) groups excluding carboxylic acids is 6. The molecule has 0 aromatic rings. The number of amides is 2. The second-order valence-electron chi connectivity index (χ2n) is 10.1. The van der Waals surface area contributed by atoms with E-state index in [1.54, 1.807) is 69.5 Å². The van der Waals surface area contributed by atoms with Crippen LogP contribution in [0.1, 0.15) is 105 Å². The normalized spacial score (nSPS) is 9.73. The van der Waals surface area contributed by atoms with Crippen LogP contribution in [0.2, 0.25) is 0 Å². The Morgan fingerprint density at radius 2 is 0.541 bits per heavy atom. The van der Waals surface area contributed by atoms with Gasteiger partial charge in [0.1, 0.15) is 0 Å². The van der Waals surface area contributed by atoms with Crippen molar-refractivity contribution in [3.8, 4) is 0 Å². The molecule has 8 nitrogen and oxygen atoms in total. The maximum atomic E-state index is 11.3. The lowest BCUT2D eigenvalue weighted by Crippen LogP contribution is -2.39. The Kier molecular flexibility index (Phi) is 29.4. The number of hydrogen-bond donors (Lipinski definition) is 0. The fourth-order valence-corrected chi connectivity index (χ4v) is 1.88. The van der Waals surface area contributed by atoms with Crippen LogP contribution in [-0.2, 0) is 28.8 Å². The number of Topliss-reactive ketones (excluding diaryl/α,β-unsaturated/α-hetero) is 4. The molecule has 0 bridgehead atoms. The molecule has 222 valence electrons. The molecule has 0 heterocycles. The van der Waals surface area contributed by atoms with Crippen LogP contribution in [-0.4, -0.2) is 70.9 Å². The van der Waals surface area contributed by atoms with Crippen LogP contribution in [0.3, 0.4) is 0 Å². The standard InChI is InChI=1S/2C9H17NO2.C8H14O2.3CH4/c2*1-6(2)8(11)9(12)10(5)7(3)4;1-5(2)7(9)8(10)6(3)4;;;/h2*6-7H,1-5H3;5-6H,1-4H3;3*1H4. The molecule has 0 radical (unpaired) electrons. The summed E-state index contributed by atoms with van der Waals surface area (Å²) in [5, 5.41) is 0. The topological polar surface area (TPSA) is 109 Å². The van der Waals surface area contributed by atoms with E-state index in [2.05, 4.69) is 0 Å². The van der Waals surface area contributed by atoms with Gasteiger partial charge in [-0.1, -0.05) is 77.7 Å². The summed E-state index contributed by atoms with van der Waals surface area (Å²) >= 11 is 0. The second-order valence-corrected chi connectivity index (χ2v) is 10.1. The molecule has 37 heavy (non-hydrogen) atoms. The summed E-state index contributed by atoms with van der Waals surface area (Å²) in [6.45, 7) is 21.4. The lowest BCUT2D eigenvalue weighted by Gasteiger charge is -2.21. The summed E-state index contributed by atoms with van der Waals surface area (Å²) in [6.07, 6.45) is 0. The molecule has 0 N–H and O–H groups in total. The molecule has 0 saturated carbocycles. The average Bonchev–Trinajstić information content (AvgIpc) is 2.74. The number of rotatable bonds is 9. The fourth-order valence-electron chi connectivity index (χ4n) is 1.88. The first-order valence-corrected chi connectivity index (χ1v) is 11.9. The molecule has 0 aliphatic rings.